The van der Waals surface area contributed by atoms with Crippen molar-refractivity contribution >= 4 is 35.9 Å². The van der Waals surface area contributed by atoms with Crippen LogP contribution < -0.4 is 45.3 Å². The first kappa shape index (κ1) is 35.4. The number of hydrazine groups is 1. The molecule has 216 valence electrons. The summed E-state index contributed by atoms with van der Waals surface area (Å²) in [5.41, 5.74) is 3.19. The molecule has 2 fully saturated rings. The number of rotatable bonds is 5. The SMILES string of the molecule is Cl.Fc1c(F)c(F)c(NNc2nc(N3CCCCC3)nc(N3CCCCC3)n2)c(F)c1F.N.N.N.N.[HH].[HH].[HH].[HH]. The molecule has 36 heavy (non-hydrogen) atoms. The number of benzene rings is 1. The Labute approximate surface area is 218 Å². The molecule has 0 amide bonds. The van der Waals surface area contributed by atoms with E-state index in [4.69, 9.17) is 0 Å². The fourth-order valence-electron chi connectivity index (χ4n) is 3.71. The highest BCUT2D eigenvalue weighted by Crippen LogP contribution is 2.28. The van der Waals surface area contributed by atoms with Gasteiger partial charge in [0.25, 0.3) is 0 Å². The standard InChI is InChI=1S/C19H22F5N7.ClH.4H3N.4H2/c20-11-12(21)14(23)16(15(24)13(11)22)28-29-17-25-18(30-7-3-1-4-8-30)27-19(26-17)31-9-5-2-6-10-31;;;;;;;;;/h28H,1-10H2,(H,25,26,27,29);1H;4*1H3;4*1H. The normalized spacial score (nSPS) is 14.7. The van der Waals surface area contributed by atoms with Crippen molar-refractivity contribution in [3.05, 3.63) is 29.1 Å². The van der Waals surface area contributed by atoms with Crippen molar-refractivity contribution in [3.63, 3.8) is 0 Å². The molecule has 2 saturated heterocycles. The molecule has 1 aromatic carbocycles. The molecule has 3 heterocycles. The molecule has 0 unspecified atom stereocenters. The number of aromatic nitrogens is 3. The number of nitrogens with zero attached hydrogens (tertiary/aromatic N) is 5. The molecule has 14 N–H and O–H groups in total. The number of anilines is 4. The van der Waals surface area contributed by atoms with Gasteiger partial charge in [-0.1, -0.05) is 0 Å². The van der Waals surface area contributed by atoms with Gasteiger partial charge >= 0.3 is 0 Å². The van der Waals surface area contributed by atoms with Gasteiger partial charge in [0, 0.05) is 31.9 Å². The van der Waals surface area contributed by atoms with Crippen LogP contribution in [0.25, 0.3) is 0 Å². The molecule has 2 aliphatic rings. The molecular formula is C19H43ClF5N11. The van der Waals surface area contributed by atoms with Crippen LogP contribution >= 0.6 is 12.4 Å². The predicted octanol–water partition coefficient (Wildman–Crippen LogP) is 6.04. The van der Waals surface area contributed by atoms with Crippen LogP contribution in [0.1, 0.15) is 44.2 Å². The third-order valence-corrected chi connectivity index (χ3v) is 5.40. The summed E-state index contributed by atoms with van der Waals surface area (Å²) in [6.45, 7) is 3.03. The second-order valence-electron chi connectivity index (χ2n) is 7.55. The first-order valence-corrected chi connectivity index (χ1v) is 10.2. The zero-order valence-electron chi connectivity index (χ0n) is 19.9. The van der Waals surface area contributed by atoms with Gasteiger partial charge in [-0.05, 0) is 38.5 Å². The van der Waals surface area contributed by atoms with Gasteiger partial charge in [-0.2, -0.15) is 15.0 Å². The summed E-state index contributed by atoms with van der Waals surface area (Å²) in [6, 6.07) is 0. The monoisotopic (exact) mass is 555 g/mol. The molecule has 0 radical (unpaired) electrons. The first-order chi connectivity index (χ1) is 15.0. The highest BCUT2D eigenvalue weighted by molar-refractivity contribution is 5.85. The zero-order chi connectivity index (χ0) is 22.0. The number of hydrogen-bond acceptors (Lipinski definition) is 11. The van der Waals surface area contributed by atoms with E-state index in [0.29, 0.717) is 11.9 Å². The van der Waals surface area contributed by atoms with Crippen LogP contribution in [0.15, 0.2) is 0 Å². The molecule has 17 heteroatoms. The van der Waals surface area contributed by atoms with E-state index in [-0.39, 0.29) is 48.7 Å². The summed E-state index contributed by atoms with van der Waals surface area (Å²) in [7, 11) is 0. The molecule has 1 aromatic heterocycles. The van der Waals surface area contributed by atoms with Crippen LogP contribution in [0.5, 0.6) is 0 Å². The van der Waals surface area contributed by atoms with E-state index in [0.717, 1.165) is 64.7 Å². The van der Waals surface area contributed by atoms with Gasteiger partial charge in [0.15, 0.2) is 23.3 Å². The summed E-state index contributed by atoms with van der Waals surface area (Å²) in [4.78, 5) is 17.1. The lowest BCUT2D eigenvalue weighted by Gasteiger charge is -2.30. The van der Waals surface area contributed by atoms with Gasteiger partial charge in [0.05, 0.1) is 0 Å². The Bertz CT molecular complexity index is 913. The lowest BCUT2D eigenvalue weighted by molar-refractivity contribution is 0.381. The number of halogens is 6. The topological polar surface area (TPSA) is 209 Å². The third kappa shape index (κ3) is 7.36. The Hall–Kier alpha value is -2.79. The van der Waals surface area contributed by atoms with Crippen LogP contribution in [-0.2, 0) is 0 Å². The minimum absolute atomic E-state index is 0. The van der Waals surface area contributed by atoms with Crippen molar-refractivity contribution in [2.24, 2.45) is 0 Å². The van der Waals surface area contributed by atoms with E-state index in [1.165, 1.54) is 0 Å². The second kappa shape index (κ2) is 15.4. The van der Waals surface area contributed by atoms with E-state index < -0.39 is 34.8 Å². The maximum atomic E-state index is 14.0. The van der Waals surface area contributed by atoms with Gasteiger partial charge in [0.2, 0.25) is 23.7 Å². The lowest BCUT2D eigenvalue weighted by Crippen LogP contribution is -2.34. The minimum atomic E-state index is -2.22. The predicted molar refractivity (Wildman–Crippen MR) is 141 cm³/mol. The average molecular weight is 556 g/mol. The molecule has 2 aliphatic heterocycles. The van der Waals surface area contributed by atoms with E-state index in [9.17, 15) is 22.0 Å². The fourth-order valence-corrected chi connectivity index (χ4v) is 3.71. The van der Waals surface area contributed by atoms with Crippen molar-refractivity contribution in [3.8, 4) is 0 Å². The van der Waals surface area contributed by atoms with Gasteiger partial charge in [-0.3, -0.25) is 10.9 Å². The van der Waals surface area contributed by atoms with Crippen molar-refractivity contribution in [2.45, 2.75) is 38.5 Å². The molecular weight excluding hydrogens is 513 g/mol. The van der Waals surface area contributed by atoms with E-state index >= 15 is 0 Å². The number of hydrogen-bond donors (Lipinski definition) is 6. The highest BCUT2D eigenvalue weighted by atomic mass is 35.5. The minimum Gasteiger partial charge on any atom is -0.344 e. The van der Waals surface area contributed by atoms with Crippen molar-refractivity contribution in [1.82, 2.24) is 39.6 Å². The Morgan fingerprint density at radius 3 is 1.28 bits per heavy atom. The summed E-state index contributed by atoms with van der Waals surface area (Å²) in [5.74, 6) is -9.55. The van der Waals surface area contributed by atoms with Gasteiger partial charge in [0.1, 0.15) is 5.69 Å². The van der Waals surface area contributed by atoms with Gasteiger partial charge < -0.3 is 34.4 Å². The van der Waals surface area contributed by atoms with E-state index in [2.05, 4.69) is 20.4 Å². The fraction of sp³-hybridized carbons (Fsp3) is 0.526. The quantitative estimate of drug-likeness (QED) is 0.108. The van der Waals surface area contributed by atoms with E-state index in [1.54, 1.807) is 0 Å². The Morgan fingerprint density at radius 2 is 0.889 bits per heavy atom. The number of nitrogens with one attached hydrogen (secondary N) is 2. The average Bonchev–Trinajstić information content (AvgIpc) is 2.82. The van der Waals surface area contributed by atoms with Crippen LogP contribution in [0.4, 0.5) is 45.5 Å². The molecule has 2 aromatic rings. The largest absolute Gasteiger partial charge is 0.344 e. The Morgan fingerprint density at radius 1 is 0.528 bits per heavy atom. The highest BCUT2D eigenvalue weighted by Gasteiger charge is 2.26. The van der Waals surface area contributed by atoms with E-state index in [1.807, 2.05) is 15.2 Å². The van der Waals surface area contributed by atoms with Crippen LogP contribution in [0.2, 0.25) is 0 Å². The Balaban J connectivity index is -0.000000321. The first-order valence-electron chi connectivity index (χ1n) is 10.2. The molecule has 0 saturated carbocycles. The zero-order valence-corrected chi connectivity index (χ0v) is 20.8. The molecule has 0 spiro atoms. The van der Waals surface area contributed by atoms with Crippen molar-refractivity contribution in [2.75, 3.05) is 46.8 Å². The summed E-state index contributed by atoms with van der Waals surface area (Å²) in [5, 5.41) is 0. The summed E-state index contributed by atoms with van der Waals surface area (Å²) < 4.78 is 68.1. The summed E-state index contributed by atoms with van der Waals surface area (Å²) >= 11 is 0. The number of piperidine rings is 2. The maximum absolute atomic E-state index is 14.0. The van der Waals surface area contributed by atoms with Crippen molar-refractivity contribution in [1.29, 1.82) is 0 Å². The molecule has 0 aliphatic carbocycles. The molecule has 4 rings (SSSR count). The molecule has 0 bridgehead atoms. The summed E-state index contributed by atoms with van der Waals surface area (Å²) in [6.07, 6.45) is 6.14. The molecule has 11 nitrogen and oxygen atoms in total. The smallest absolute Gasteiger partial charge is 0.248 e. The van der Waals surface area contributed by atoms with Gasteiger partial charge in [-0.25, -0.2) is 22.0 Å². The van der Waals surface area contributed by atoms with Gasteiger partial charge in [-0.15, -0.1) is 12.4 Å². The second-order valence-corrected chi connectivity index (χ2v) is 7.55. The van der Waals surface area contributed by atoms with Crippen molar-refractivity contribution < 1.29 is 27.7 Å². The lowest BCUT2D eigenvalue weighted by atomic mass is 10.1. The van der Waals surface area contributed by atoms with Crippen LogP contribution in [0, 0.1) is 29.1 Å². The van der Waals surface area contributed by atoms with Crippen LogP contribution in [0.3, 0.4) is 0 Å². The maximum Gasteiger partial charge on any atom is 0.248 e. The van der Waals surface area contributed by atoms with Crippen LogP contribution in [-0.4, -0.2) is 41.1 Å². The third-order valence-electron chi connectivity index (χ3n) is 5.40. The molecule has 0 atom stereocenters. The Kier molecular flexibility index (Phi) is 15.1.